The first-order chi connectivity index (χ1) is 45.2. The van der Waals surface area contributed by atoms with E-state index < -0.39 is 90.4 Å². The van der Waals surface area contributed by atoms with Crippen LogP contribution in [0.2, 0.25) is 0 Å². The summed E-state index contributed by atoms with van der Waals surface area (Å²) in [5.41, 5.74) is 2.02. The number of aryl methyl sites for hydroxylation is 1. The Hall–Kier alpha value is -9.22. The van der Waals surface area contributed by atoms with Crippen molar-refractivity contribution >= 4 is 127 Å². The molecule has 0 radical (unpaired) electrons. The predicted octanol–water partition coefficient (Wildman–Crippen LogP) is 9.32. The Bertz CT molecular complexity index is 4330. The van der Waals surface area contributed by atoms with Gasteiger partial charge in [0, 0.05) is 46.1 Å². The normalized spacial score (nSPS) is 18.2. The van der Waals surface area contributed by atoms with Gasteiger partial charge in [0.25, 0.3) is 17.7 Å². The van der Waals surface area contributed by atoms with Crippen LogP contribution in [0.5, 0.6) is 0 Å². The number of pyridine rings is 2. The highest BCUT2D eigenvalue weighted by atomic mass is 32.1. The highest BCUT2D eigenvalue weighted by Gasteiger charge is 2.35. The van der Waals surface area contributed by atoms with Gasteiger partial charge in [0.05, 0.1) is 60.0 Å². The van der Waals surface area contributed by atoms with Crippen molar-refractivity contribution in [2.45, 2.75) is 89.8 Å². The number of carboxylic acid groups (broad SMARTS) is 2. The molecule has 9 aromatic rings. The van der Waals surface area contributed by atoms with Crippen molar-refractivity contribution < 1.29 is 63.1 Å². The average Bonchev–Trinajstić information content (AvgIpc) is 1.73. The fourth-order valence-corrected chi connectivity index (χ4v) is 15.8. The number of nitrogens with one attached hydrogen (secondary N) is 5. The third-order valence-electron chi connectivity index (χ3n) is 15.2. The number of aromatic carboxylic acids is 1. The zero-order valence-electron chi connectivity index (χ0n) is 50.5. The Labute approximate surface area is 559 Å². The third-order valence-corrected chi connectivity index (χ3v) is 20.9. The van der Waals surface area contributed by atoms with Crippen molar-refractivity contribution in [1.29, 1.82) is 0 Å². The van der Waals surface area contributed by atoms with Crippen LogP contribution in [-0.4, -0.2) is 130 Å². The van der Waals surface area contributed by atoms with E-state index in [-0.39, 0.29) is 63.9 Å². The quantitative estimate of drug-likeness (QED) is 0.0532. The molecule has 1 aromatic carbocycles. The molecule has 1 saturated carbocycles. The van der Waals surface area contributed by atoms with E-state index in [1.165, 1.54) is 43.8 Å². The van der Waals surface area contributed by atoms with Crippen LogP contribution in [0.3, 0.4) is 0 Å². The van der Waals surface area contributed by atoms with Crippen LogP contribution in [0.15, 0.2) is 82.3 Å². The number of methoxy groups -OCH3 is 1. The molecule has 10 bridgehead atoms. The van der Waals surface area contributed by atoms with E-state index in [0.29, 0.717) is 88.7 Å². The van der Waals surface area contributed by atoms with Crippen LogP contribution < -0.4 is 31.5 Å². The zero-order valence-corrected chi connectivity index (χ0v) is 55.4. The number of aliphatic hydroxyl groups is 1. The van der Waals surface area contributed by atoms with Gasteiger partial charge in [0.1, 0.15) is 88.2 Å². The molecule has 11 rings (SSSR count). The van der Waals surface area contributed by atoms with Crippen molar-refractivity contribution in [2.75, 3.05) is 25.6 Å². The number of hydrogen-bond donors (Lipinski definition) is 8. The van der Waals surface area contributed by atoms with Crippen molar-refractivity contribution in [3.05, 3.63) is 135 Å². The number of rotatable bonds is 13. The van der Waals surface area contributed by atoms with Gasteiger partial charge in [-0.2, -0.15) is 0 Å². The molecule has 6 amide bonds. The first kappa shape index (κ1) is 66.2. The van der Waals surface area contributed by atoms with Crippen molar-refractivity contribution in [3.63, 3.8) is 0 Å². The molecule has 1 fully saturated rings. The van der Waals surface area contributed by atoms with Crippen LogP contribution in [-0.2, 0) is 30.5 Å². The summed E-state index contributed by atoms with van der Waals surface area (Å²) in [6.07, 6.45) is -0.636. The molecule has 8 N–H and O–H groups in total. The fraction of sp³-hybridized carbons (Fsp3) is 0.311. The molecule has 1 aliphatic carbocycles. The standard InChI is InChI=1S/C61H58N14O13S6/c1-27(2)44-58-74-47(40(94-58)22-87-5)51(80)64-21-43(77)71-48(49(78)29-9-7-6-8-10-29)57-69-39(25-91-57)55-67-37(23-90-55)46-33(53-68-38(24-89-53)50(79)66-36(19-42(76)62-4)56-73-45(28(3)93-56)52(81)72-44)16-18-34(65-46)54-70-41(26-92-54)75(31-13-17-35(60(84)85)63-20-31)61(86)88-32-14-11-30(12-15-32)59(82)83/h6-10,13,16-18,20,23-27,30,32,36,44,48-49,78H,11-12,14-15,19,21-22H2,1-5H3,(H,62,76)(H,64,80)(H,66,79)(H,71,77)(H,72,81)(H,82,83)(H,84,85)/t30-,32-,36-,44?,48-,49-/m0/s1. The molecule has 2 aliphatic rings. The summed E-state index contributed by atoms with van der Waals surface area (Å²) in [7, 11) is 2.91. The summed E-state index contributed by atoms with van der Waals surface area (Å²) < 4.78 is 11.4. The van der Waals surface area contributed by atoms with Gasteiger partial charge in [0.15, 0.2) is 5.82 Å². The Morgan fingerprint density at radius 3 is 2.12 bits per heavy atom. The molecule has 27 nitrogen and oxygen atoms in total. The van der Waals surface area contributed by atoms with Gasteiger partial charge in [0.2, 0.25) is 11.8 Å². The Balaban J connectivity index is 0.987. The van der Waals surface area contributed by atoms with Crippen LogP contribution >= 0.6 is 68.0 Å². The minimum absolute atomic E-state index is 0.0195. The van der Waals surface area contributed by atoms with Crippen molar-refractivity contribution in [1.82, 2.24) is 66.5 Å². The number of fused-ring (bicyclic) bond motifs is 14. The van der Waals surface area contributed by atoms with Gasteiger partial charge in [-0.05, 0) is 68.4 Å². The molecule has 8 aromatic heterocycles. The summed E-state index contributed by atoms with van der Waals surface area (Å²) in [6.45, 7) is 4.86. The second kappa shape index (κ2) is 29.0. The molecule has 1 aliphatic heterocycles. The number of carbonyl (C=O) groups excluding carboxylic acids is 6. The van der Waals surface area contributed by atoms with Gasteiger partial charge >= 0.3 is 18.0 Å². The summed E-state index contributed by atoms with van der Waals surface area (Å²) in [6, 6.07) is 11.8. The molecule has 1 unspecified atom stereocenters. The topological polar surface area (TPSA) is 382 Å². The number of aliphatic carboxylic acids is 1. The Kier molecular flexibility index (Phi) is 20.4. The first-order valence-corrected chi connectivity index (χ1v) is 34.2. The lowest BCUT2D eigenvalue weighted by molar-refractivity contribution is -0.143. The Morgan fingerprint density at radius 1 is 0.691 bits per heavy atom. The SMILES string of the molecule is CNC(=O)C[C@@H]1NC(=O)c2csc(n2)-c2ccc(-c3nc(N(C(=O)O[C@H]4CC[C@H](C(=O)O)CC4)c4ccc(C(=O)O)nc4)cs3)nc2-c2csc(n2)-c2csc(n2)[C@H]([C@@H](O)c2ccccc2)NC(=O)CNC(=O)c2nc(sc2COC)C(C(C)C)NC(=O)c2nc1sc2C. The van der Waals surface area contributed by atoms with E-state index in [0.717, 1.165) is 61.6 Å². The third kappa shape index (κ3) is 14.7. The lowest BCUT2D eigenvalue weighted by atomic mass is 9.87. The van der Waals surface area contributed by atoms with E-state index in [1.54, 1.807) is 70.9 Å². The number of carbonyl (C=O) groups is 8. The minimum atomic E-state index is -1.32. The second-order valence-corrected chi connectivity index (χ2v) is 27.7. The average molecular weight is 1390 g/mol. The molecular formula is C61H58N14O13S6. The number of anilines is 2. The number of hydrogen-bond acceptors (Lipinski definition) is 25. The van der Waals surface area contributed by atoms with Crippen LogP contribution in [0, 0.1) is 18.8 Å². The van der Waals surface area contributed by atoms with Gasteiger partial charge in [-0.25, -0.2) is 54.4 Å². The molecule has 33 heteroatoms. The number of amides is 6. The van der Waals surface area contributed by atoms with Crippen molar-refractivity contribution in [3.8, 4) is 43.4 Å². The van der Waals surface area contributed by atoms with E-state index in [9.17, 15) is 53.7 Å². The first-order valence-electron chi connectivity index (χ1n) is 29.1. The van der Waals surface area contributed by atoms with E-state index in [1.807, 2.05) is 13.8 Å². The van der Waals surface area contributed by atoms with Gasteiger partial charge in [-0.15, -0.1) is 68.0 Å². The molecule has 0 saturated heterocycles. The predicted molar refractivity (Wildman–Crippen MR) is 350 cm³/mol. The number of benzene rings is 1. The molecule has 4 atom stereocenters. The maximum Gasteiger partial charge on any atom is 0.420 e. The minimum Gasteiger partial charge on any atom is -0.481 e. The lowest BCUT2D eigenvalue weighted by Gasteiger charge is -2.28. The van der Waals surface area contributed by atoms with E-state index >= 15 is 0 Å². The molecule has 486 valence electrons. The van der Waals surface area contributed by atoms with E-state index in [4.69, 9.17) is 44.4 Å². The number of ether oxygens (including phenoxy) is 2. The highest BCUT2D eigenvalue weighted by Crippen LogP contribution is 2.41. The maximum atomic E-state index is 14.5. The van der Waals surface area contributed by atoms with Crippen LogP contribution in [0.4, 0.5) is 16.3 Å². The number of aliphatic hydroxyl groups excluding tert-OH is 1. The number of nitrogens with zero attached hydrogens (tertiary/aromatic N) is 9. The monoisotopic (exact) mass is 1390 g/mol. The van der Waals surface area contributed by atoms with Gasteiger partial charge in [-0.1, -0.05) is 44.2 Å². The number of aromatic nitrogens is 8. The highest BCUT2D eigenvalue weighted by molar-refractivity contribution is 7.15. The zero-order chi connectivity index (χ0) is 66.5. The van der Waals surface area contributed by atoms with E-state index in [2.05, 4.69) is 31.6 Å². The molecule has 9 heterocycles. The number of carboxylic acids is 2. The summed E-state index contributed by atoms with van der Waals surface area (Å²) in [5.74, 6) is -6.02. The summed E-state index contributed by atoms with van der Waals surface area (Å²) in [4.78, 5) is 148. The van der Waals surface area contributed by atoms with Crippen molar-refractivity contribution in [2.24, 2.45) is 11.8 Å². The maximum absolute atomic E-state index is 14.5. The molecular weight excluding hydrogens is 1330 g/mol. The smallest absolute Gasteiger partial charge is 0.420 e. The lowest BCUT2D eigenvalue weighted by Crippen LogP contribution is -2.40. The van der Waals surface area contributed by atoms with Gasteiger partial charge < -0.3 is 51.4 Å². The summed E-state index contributed by atoms with van der Waals surface area (Å²) in [5, 5.41) is 53.9. The Morgan fingerprint density at radius 2 is 1.40 bits per heavy atom. The summed E-state index contributed by atoms with van der Waals surface area (Å²) >= 11 is 6.89. The molecule has 94 heavy (non-hydrogen) atoms. The fourth-order valence-electron chi connectivity index (χ4n) is 10.3. The van der Waals surface area contributed by atoms with Gasteiger partial charge in [-0.3, -0.25) is 28.8 Å². The largest absolute Gasteiger partial charge is 0.481 e. The van der Waals surface area contributed by atoms with Crippen LogP contribution in [0.25, 0.3) is 43.4 Å². The number of thiazole rings is 6. The second-order valence-electron chi connectivity index (χ2n) is 21.9. The van der Waals surface area contributed by atoms with Crippen LogP contribution in [0.1, 0.15) is 142 Å². The molecule has 0 spiro atoms.